The Morgan fingerprint density at radius 3 is 1.77 bits per heavy atom. The molecule has 3 aliphatic rings. The second kappa shape index (κ2) is 1.99. The van der Waals surface area contributed by atoms with E-state index in [9.17, 15) is 9.59 Å². The molecule has 2 bridgehead atoms. The summed E-state index contributed by atoms with van der Waals surface area (Å²) in [5, 5.41) is 2.33. The van der Waals surface area contributed by atoms with E-state index in [1.165, 1.54) is 0 Å². The van der Waals surface area contributed by atoms with E-state index in [0.29, 0.717) is 11.1 Å². The summed E-state index contributed by atoms with van der Waals surface area (Å²) in [7, 11) is 0. The van der Waals surface area contributed by atoms with Gasteiger partial charge in [0, 0.05) is 0 Å². The van der Waals surface area contributed by atoms with Crippen molar-refractivity contribution in [1.29, 1.82) is 0 Å². The Morgan fingerprint density at radius 2 is 1.38 bits per heavy atom. The number of imide groups is 1. The fourth-order valence-electron chi connectivity index (χ4n) is 2.12. The number of rotatable bonds is 0. The van der Waals surface area contributed by atoms with Gasteiger partial charge in [-0.15, -0.1) is 0 Å². The molecule has 0 saturated heterocycles. The van der Waals surface area contributed by atoms with Crippen LogP contribution >= 0.6 is 0 Å². The number of benzene rings is 1. The van der Waals surface area contributed by atoms with E-state index < -0.39 is 0 Å². The Balaban J connectivity index is 2.44. The standard InChI is InChI=1S/C10H7NO2/c12-9-7-5-1-2-6(4-3-5)8(7)10(13)11-9/h1-2H,3-4H2,(H,11,12,13). The lowest BCUT2D eigenvalue weighted by atomic mass is 9.86. The quantitative estimate of drug-likeness (QED) is 0.586. The van der Waals surface area contributed by atoms with Crippen LogP contribution in [0.15, 0.2) is 12.1 Å². The minimum Gasteiger partial charge on any atom is -0.288 e. The molecule has 1 aliphatic heterocycles. The minimum atomic E-state index is -0.225. The maximum atomic E-state index is 11.4. The van der Waals surface area contributed by atoms with Gasteiger partial charge in [-0.05, 0) is 24.0 Å². The Morgan fingerprint density at radius 1 is 0.923 bits per heavy atom. The van der Waals surface area contributed by atoms with E-state index in [1.807, 2.05) is 12.1 Å². The molecular formula is C10H7NO2. The van der Waals surface area contributed by atoms with Gasteiger partial charge < -0.3 is 0 Å². The predicted molar refractivity (Wildman–Crippen MR) is 45.6 cm³/mol. The first-order valence-corrected chi connectivity index (χ1v) is 4.28. The van der Waals surface area contributed by atoms with Crippen molar-refractivity contribution in [3.8, 4) is 0 Å². The van der Waals surface area contributed by atoms with Crippen LogP contribution in [0.25, 0.3) is 0 Å². The summed E-state index contributed by atoms with van der Waals surface area (Å²) in [6.07, 6.45) is 1.79. The summed E-state index contributed by atoms with van der Waals surface area (Å²) < 4.78 is 0. The molecule has 3 nitrogen and oxygen atoms in total. The highest BCUT2D eigenvalue weighted by molar-refractivity contribution is 6.23. The normalized spacial score (nSPS) is 17.5. The van der Waals surface area contributed by atoms with Crippen LogP contribution in [0.2, 0.25) is 0 Å². The third kappa shape index (κ3) is 0.691. The molecule has 0 aromatic heterocycles. The Bertz CT molecular complexity index is 407. The largest absolute Gasteiger partial charge is 0.288 e. The molecule has 4 rings (SSSR count). The molecule has 0 fully saturated rings. The number of nitrogens with one attached hydrogen (secondary N) is 1. The fourth-order valence-corrected chi connectivity index (χ4v) is 2.12. The molecule has 3 heteroatoms. The second-order valence-electron chi connectivity index (χ2n) is 3.42. The number of amides is 2. The molecular weight excluding hydrogens is 166 g/mol. The van der Waals surface area contributed by atoms with Crippen LogP contribution in [0.4, 0.5) is 0 Å². The minimum absolute atomic E-state index is 0.225. The van der Waals surface area contributed by atoms with Gasteiger partial charge in [-0.1, -0.05) is 12.1 Å². The highest BCUT2D eigenvalue weighted by Gasteiger charge is 2.34. The lowest BCUT2D eigenvalue weighted by Crippen LogP contribution is -2.20. The molecule has 0 saturated carbocycles. The number of fused-ring (bicyclic) bond motifs is 2. The molecule has 1 aromatic carbocycles. The Kier molecular flexibility index (Phi) is 1.05. The third-order valence-corrected chi connectivity index (χ3v) is 2.72. The van der Waals surface area contributed by atoms with Crippen molar-refractivity contribution in [1.82, 2.24) is 5.32 Å². The highest BCUT2D eigenvalue weighted by atomic mass is 16.2. The molecule has 2 aliphatic carbocycles. The van der Waals surface area contributed by atoms with Crippen molar-refractivity contribution in [2.24, 2.45) is 0 Å². The lowest BCUT2D eigenvalue weighted by molar-refractivity contribution is 0.0879. The number of hydrogen-bond donors (Lipinski definition) is 1. The molecule has 1 aromatic rings. The molecule has 64 valence electrons. The average Bonchev–Trinajstić information content (AvgIpc) is 2.47. The summed E-state index contributed by atoms with van der Waals surface area (Å²) in [4.78, 5) is 22.7. The molecule has 13 heavy (non-hydrogen) atoms. The van der Waals surface area contributed by atoms with Crippen LogP contribution in [0.1, 0.15) is 31.8 Å². The molecule has 0 atom stereocenters. The van der Waals surface area contributed by atoms with E-state index in [0.717, 1.165) is 24.0 Å². The molecule has 0 radical (unpaired) electrons. The van der Waals surface area contributed by atoms with Gasteiger partial charge in [0.2, 0.25) is 0 Å². The monoisotopic (exact) mass is 173 g/mol. The highest BCUT2D eigenvalue weighted by Crippen LogP contribution is 2.30. The van der Waals surface area contributed by atoms with Crippen molar-refractivity contribution in [3.63, 3.8) is 0 Å². The van der Waals surface area contributed by atoms with Gasteiger partial charge in [-0.3, -0.25) is 14.9 Å². The molecule has 0 spiro atoms. The summed E-state index contributed by atoms with van der Waals surface area (Å²) in [5.74, 6) is -0.451. The van der Waals surface area contributed by atoms with Gasteiger partial charge in [0.1, 0.15) is 0 Å². The summed E-state index contributed by atoms with van der Waals surface area (Å²) in [6.45, 7) is 0. The topological polar surface area (TPSA) is 46.2 Å². The van der Waals surface area contributed by atoms with Crippen LogP contribution in [-0.4, -0.2) is 11.8 Å². The first-order valence-electron chi connectivity index (χ1n) is 4.28. The van der Waals surface area contributed by atoms with Crippen LogP contribution in [0, 0.1) is 0 Å². The van der Waals surface area contributed by atoms with Gasteiger partial charge in [0.15, 0.2) is 0 Å². The number of aryl methyl sites for hydroxylation is 2. The van der Waals surface area contributed by atoms with Crippen molar-refractivity contribution < 1.29 is 9.59 Å². The van der Waals surface area contributed by atoms with E-state index in [-0.39, 0.29) is 11.8 Å². The molecule has 2 amide bonds. The predicted octanol–water partition coefficient (Wildman–Crippen LogP) is 0.669. The summed E-state index contributed by atoms with van der Waals surface area (Å²) in [5.41, 5.74) is 3.25. The van der Waals surface area contributed by atoms with Crippen LogP contribution in [-0.2, 0) is 12.8 Å². The molecule has 1 N–H and O–H groups in total. The van der Waals surface area contributed by atoms with Crippen LogP contribution in [0.5, 0.6) is 0 Å². The van der Waals surface area contributed by atoms with Gasteiger partial charge in [-0.2, -0.15) is 0 Å². The zero-order chi connectivity index (χ0) is 9.00. The van der Waals surface area contributed by atoms with Gasteiger partial charge in [0.25, 0.3) is 11.8 Å². The number of carbonyl (C=O) groups excluding carboxylic acids is 2. The Hall–Kier alpha value is -1.64. The SMILES string of the molecule is O=C1NC(=O)c2c3ccc(c21)CC3. The number of carbonyl (C=O) groups is 2. The van der Waals surface area contributed by atoms with E-state index in [4.69, 9.17) is 0 Å². The number of hydrogen-bond acceptors (Lipinski definition) is 2. The Labute approximate surface area is 74.8 Å². The zero-order valence-corrected chi connectivity index (χ0v) is 6.89. The third-order valence-electron chi connectivity index (χ3n) is 2.72. The van der Waals surface area contributed by atoms with Crippen molar-refractivity contribution in [3.05, 3.63) is 34.4 Å². The molecule has 0 unspecified atom stereocenters. The maximum absolute atomic E-state index is 11.4. The first kappa shape index (κ1) is 6.83. The fraction of sp³-hybridized carbons (Fsp3) is 0.200. The van der Waals surface area contributed by atoms with E-state index in [1.54, 1.807) is 0 Å². The summed E-state index contributed by atoms with van der Waals surface area (Å²) >= 11 is 0. The second-order valence-corrected chi connectivity index (χ2v) is 3.42. The van der Waals surface area contributed by atoms with Gasteiger partial charge in [-0.25, -0.2) is 0 Å². The van der Waals surface area contributed by atoms with E-state index in [2.05, 4.69) is 5.32 Å². The van der Waals surface area contributed by atoms with Crippen LogP contribution in [0.3, 0.4) is 0 Å². The summed E-state index contributed by atoms with van der Waals surface area (Å²) in [6, 6.07) is 3.88. The average molecular weight is 173 g/mol. The molecule has 1 heterocycles. The van der Waals surface area contributed by atoms with Crippen molar-refractivity contribution >= 4 is 11.8 Å². The smallest absolute Gasteiger partial charge is 0.259 e. The maximum Gasteiger partial charge on any atom is 0.259 e. The van der Waals surface area contributed by atoms with Gasteiger partial charge >= 0.3 is 0 Å². The van der Waals surface area contributed by atoms with Crippen LogP contribution < -0.4 is 5.32 Å². The van der Waals surface area contributed by atoms with Gasteiger partial charge in [0.05, 0.1) is 11.1 Å². The lowest BCUT2D eigenvalue weighted by Gasteiger charge is -2.15. The van der Waals surface area contributed by atoms with E-state index >= 15 is 0 Å². The van der Waals surface area contributed by atoms with Crippen molar-refractivity contribution in [2.45, 2.75) is 12.8 Å². The van der Waals surface area contributed by atoms with Crippen molar-refractivity contribution in [2.75, 3.05) is 0 Å². The first-order chi connectivity index (χ1) is 6.27. The zero-order valence-electron chi connectivity index (χ0n) is 6.89.